The van der Waals surface area contributed by atoms with Crippen LogP contribution in [-0.4, -0.2) is 37.4 Å². The van der Waals surface area contributed by atoms with Crippen LogP contribution < -0.4 is 10.1 Å². The second-order valence-corrected chi connectivity index (χ2v) is 5.96. The monoisotopic (exact) mass is 342 g/mol. The highest BCUT2D eigenvalue weighted by molar-refractivity contribution is 5.36. The van der Waals surface area contributed by atoms with Crippen LogP contribution in [0, 0.1) is 0 Å². The molecule has 1 N–H and O–H groups in total. The summed E-state index contributed by atoms with van der Waals surface area (Å²) >= 11 is 0. The van der Waals surface area contributed by atoms with E-state index in [1.54, 1.807) is 18.2 Å². The summed E-state index contributed by atoms with van der Waals surface area (Å²) in [5, 5.41) is 3.28. The Morgan fingerprint density at radius 2 is 1.92 bits per heavy atom. The first-order valence-electron chi connectivity index (χ1n) is 8.41. The number of allylic oxidation sites excluding steroid dienone is 1. The fourth-order valence-corrected chi connectivity index (χ4v) is 3.13. The van der Waals surface area contributed by atoms with Crippen molar-refractivity contribution in [3.05, 3.63) is 42.5 Å². The van der Waals surface area contributed by atoms with E-state index < -0.39 is 6.36 Å². The molecule has 134 valence electrons. The number of ether oxygens (including phenoxy) is 1. The molecular formula is C18H25F3N2O. The van der Waals surface area contributed by atoms with Crippen molar-refractivity contribution in [3.8, 4) is 5.75 Å². The van der Waals surface area contributed by atoms with Crippen LogP contribution in [0.25, 0.3) is 0 Å². The van der Waals surface area contributed by atoms with E-state index in [1.165, 1.54) is 6.07 Å². The number of alkyl halides is 3. The van der Waals surface area contributed by atoms with E-state index >= 15 is 0 Å². The van der Waals surface area contributed by atoms with Gasteiger partial charge in [-0.15, -0.1) is 19.8 Å². The molecule has 0 bridgehead atoms. The summed E-state index contributed by atoms with van der Waals surface area (Å²) in [6.45, 7) is 7.07. The molecule has 1 saturated heterocycles. The summed E-state index contributed by atoms with van der Waals surface area (Å²) < 4.78 is 42.4. The van der Waals surface area contributed by atoms with Crippen molar-refractivity contribution in [3.63, 3.8) is 0 Å². The zero-order valence-electron chi connectivity index (χ0n) is 13.8. The number of piperazine rings is 1. The Bertz CT molecular complexity index is 513. The van der Waals surface area contributed by atoms with E-state index in [4.69, 9.17) is 0 Å². The van der Waals surface area contributed by atoms with Gasteiger partial charge in [-0.2, -0.15) is 0 Å². The van der Waals surface area contributed by atoms with Crippen LogP contribution in [0.5, 0.6) is 5.75 Å². The molecule has 0 aliphatic carbocycles. The van der Waals surface area contributed by atoms with Crippen molar-refractivity contribution in [2.45, 2.75) is 38.1 Å². The molecule has 2 rings (SSSR count). The molecule has 0 amide bonds. The molecule has 0 radical (unpaired) electrons. The average Bonchev–Trinajstić information content (AvgIpc) is 2.55. The van der Waals surface area contributed by atoms with Gasteiger partial charge in [0.25, 0.3) is 0 Å². The summed E-state index contributed by atoms with van der Waals surface area (Å²) in [6.07, 6.45) is 0.879. The smallest absolute Gasteiger partial charge is 0.405 e. The molecule has 0 saturated carbocycles. The van der Waals surface area contributed by atoms with Crippen LogP contribution in [0.3, 0.4) is 0 Å². The highest BCUT2D eigenvalue weighted by Crippen LogP contribution is 2.36. The van der Waals surface area contributed by atoms with Crippen molar-refractivity contribution in [2.24, 2.45) is 0 Å². The maximum Gasteiger partial charge on any atom is 0.573 e. The lowest BCUT2D eigenvalue weighted by Crippen LogP contribution is -2.45. The highest BCUT2D eigenvalue weighted by Gasteiger charge is 2.33. The van der Waals surface area contributed by atoms with E-state index in [2.05, 4.69) is 21.5 Å². The molecule has 24 heavy (non-hydrogen) atoms. The predicted octanol–water partition coefficient (Wildman–Crippen LogP) is 4.28. The molecule has 1 fully saturated rings. The summed E-state index contributed by atoms with van der Waals surface area (Å²) in [7, 11) is 0. The summed E-state index contributed by atoms with van der Waals surface area (Å²) in [4.78, 5) is 2.25. The van der Waals surface area contributed by atoms with E-state index in [9.17, 15) is 13.2 Å². The number of para-hydroxylation sites is 1. The standard InChI is InChI=1S/C18H25F3N2O/c1-2-3-4-5-9-16(23-13-11-22-12-14-23)15-8-6-7-10-17(15)24-18(19,20)21/h2,6-8,10,16,22H,1,3-5,9,11-14H2/t16-/m0/s1. The Balaban J connectivity index is 2.19. The van der Waals surface area contributed by atoms with Gasteiger partial charge in [0, 0.05) is 37.8 Å². The van der Waals surface area contributed by atoms with Gasteiger partial charge in [0.2, 0.25) is 0 Å². The van der Waals surface area contributed by atoms with Gasteiger partial charge in [-0.25, -0.2) is 0 Å². The Morgan fingerprint density at radius 3 is 2.58 bits per heavy atom. The number of nitrogens with zero attached hydrogens (tertiary/aromatic N) is 1. The fraction of sp³-hybridized carbons (Fsp3) is 0.556. The second-order valence-electron chi connectivity index (χ2n) is 5.96. The first kappa shape index (κ1) is 18.8. The Labute approximate surface area is 141 Å². The molecule has 1 aromatic carbocycles. The van der Waals surface area contributed by atoms with Crippen molar-refractivity contribution in [1.29, 1.82) is 0 Å². The average molecular weight is 342 g/mol. The lowest BCUT2D eigenvalue weighted by atomic mass is 9.97. The number of rotatable bonds is 8. The Morgan fingerprint density at radius 1 is 1.21 bits per heavy atom. The van der Waals surface area contributed by atoms with E-state index in [0.29, 0.717) is 5.56 Å². The highest BCUT2D eigenvalue weighted by atomic mass is 19.4. The summed E-state index contributed by atoms with van der Waals surface area (Å²) in [6, 6.07) is 6.45. The largest absolute Gasteiger partial charge is 0.573 e. The van der Waals surface area contributed by atoms with Crippen LogP contribution in [0.1, 0.15) is 37.3 Å². The number of nitrogens with one attached hydrogen (secondary N) is 1. The van der Waals surface area contributed by atoms with Gasteiger partial charge in [-0.1, -0.05) is 30.7 Å². The second kappa shape index (κ2) is 9.08. The number of halogens is 3. The molecule has 0 aromatic heterocycles. The molecule has 1 aliphatic heterocycles. The predicted molar refractivity (Wildman–Crippen MR) is 89.0 cm³/mol. The molecule has 6 heteroatoms. The van der Waals surface area contributed by atoms with Crippen LogP contribution in [0.2, 0.25) is 0 Å². The maximum absolute atomic E-state index is 12.7. The quantitative estimate of drug-likeness (QED) is 0.564. The fourth-order valence-electron chi connectivity index (χ4n) is 3.13. The van der Waals surface area contributed by atoms with Crippen LogP contribution in [0.4, 0.5) is 13.2 Å². The summed E-state index contributed by atoms with van der Waals surface area (Å²) in [5.74, 6) is -0.0859. The molecule has 1 aromatic rings. The SMILES string of the molecule is C=CCCCC[C@@H](c1ccccc1OC(F)(F)F)N1CCNCC1. The van der Waals surface area contributed by atoms with E-state index in [-0.39, 0.29) is 11.8 Å². The maximum atomic E-state index is 12.7. The minimum atomic E-state index is -4.67. The van der Waals surface area contributed by atoms with E-state index in [1.807, 2.05) is 6.08 Å². The zero-order valence-corrected chi connectivity index (χ0v) is 13.8. The molecule has 3 nitrogen and oxygen atoms in total. The first-order chi connectivity index (χ1) is 11.5. The van der Waals surface area contributed by atoms with Gasteiger partial charge >= 0.3 is 6.36 Å². The lowest BCUT2D eigenvalue weighted by molar-refractivity contribution is -0.275. The third-order valence-corrected chi connectivity index (χ3v) is 4.23. The Hall–Kier alpha value is -1.53. The number of unbranched alkanes of at least 4 members (excludes halogenated alkanes) is 2. The van der Waals surface area contributed by atoms with Crippen LogP contribution >= 0.6 is 0 Å². The minimum Gasteiger partial charge on any atom is -0.405 e. The topological polar surface area (TPSA) is 24.5 Å². The normalized spacial score (nSPS) is 17.5. The summed E-state index contributed by atoms with van der Waals surface area (Å²) in [5.41, 5.74) is 0.621. The molecule has 1 atom stereocenters. The van der Waals surface area contributed by atoms with Gasteiger partial charge in [-0.3, -0.25) is 4.90 Å². The van der Waals surface area contributed by atoms with Gasteiger partial charge in [0.1, 0.15) is 5.75 Å². The van der Waals surface area contributed by atoms with Crippen molar-refractivity contribution in [2.75, 3.05) is 26.2 Å². The van der Waals surface area contributed by atoms with Crippen molar-refractivity contribution in [1.82, 2.24) is 10.2 Å². The molecule has 1 heterocycles. The van der Waals surface area contributed by atoms with Crippen molar-refractivity contribution < 1.29 is 17.9 Å². The van der Waals surface area contributed by atoms with Gasteiger partial charge < -0.3 is 10.1 Å². The third kappa shape index (κ3) is 5.83. The minimum absolute atomic E-state index is 0.0598. The van der Waals surface area contributed by atoms with Crippen molar-refractivity contribution >= 4 is 0 Å². The molecular weight excluding hydrogens is 317 g/mol. The van der Waals surface area contributed by atoms with Gasteiger partial charge in [-0.05, 0) is 25.3 Å². The Kier molecular flexibility index (Phi) is 7.12. The lowest BCUT2D eigenvalue weighted by Gasteiger charge is -2.36. The van der Waals surface area contributed by atoms with E-state index in [0.717, 1.165) is 51.9 Å². The number of benzene rings is 1. The molecule has 1 aliphatic rings. The van der Waals surface area contributed by atoms with Crippen LogP contribution in [0.15, 0.2) is 36.9 Å². The zero-order chi connectivity index (χ0) is 17.4. The van der Waals surface area contributed by atoms with Crippen LogP contribution in [-0.2, 0) is 0 Å². The first-order valence-corrected chi connectivity index (χ1v) is 8.41. The number of hydrogen-bond acceptors (Lipinski definition) is 3. The molecule has 0 spiro atoms. The third-order valence-electron chi connectivity index (χ3n) is 4.23. The van der Waals surface area contributed by atoms with Gasteiger partial charge in [0.15, 0.2) is 0 Å². The number of hydrogen-bond donors (Lipinski definition) is 1. The molecule has 0 unspecified atom stereocenters. The van der Waals surface area contributed by atoms with Gasteiger partial charge in [0.05, 0.1) is 0 Å².